The maximum atomic E-state index is 15.2. The van der Waals surface area contributed by atoms with Gasteiger partial charge in [-0.3, -0.25) is 9.59 Å². The first-order valence-electron chi connectivity index (χ1n) is 11.1. The average Bonchev–Trinajstić information content (AvgIpc) is 2.88. The predicted molar refractivity (Wildman–Crippen MR) is 135 cm³/mol. The Morgan fingerprint density at radius 2 is 1.37 bits per heavy atom. The van der Waals surface area contributed by atoms with Crippen molar-refractivity contribution in [3.8, 4) is 0 Å². The van der Waals surface area contributed by atoms with Crippen LogP contribution in [-0.2, 0) is 22.9 Å². The van der Waals surface area contributed by atoms with E-state index in [1.54, 1.807) is 0 Å². The fraction of sp³-hybridized carbons (Fsp3) is 0.200. The van der Waals surface area contributed by atoms with Crippen LogP contribution in [0.5, 0.6) is 0 Å². The number of carbonyl (C=O) groups excluding carboxylic acids is 2. The number of amides is 1. The maximum absolute atomic E-state index is 15.2. The third kappa shape index (κ3) is 6.99. The second kappa shape index (κ2) is 12.1. The molecule has 0 aromatic heterocycles. The lowest BCUT2D eigenvalue weighted by molar-refractivity contribution is -0.348. The van der Waals surface area contributed by atoms with E-state index in [1.165, 1.54) is 0 Å². The molecule has 1 unspecified atom stereocenters. The molecule has 43 heavy (non-hydrogen) atoms. The van der Waals surface area contributed by atoms with E-state index in [0.717, 1.165) is 65.1 Å². The highest BCUT2D eigenvalue weighted by Crippen LogP contribution is 2.54. The summed E-state index contributed by atoms with van der Waals surface area (Å²) in [6, 6.07) is 6.02. The van der Waals surface area contributed by atoms with Gasteiger partial charge in [0, 0.05) is 21.1 Å². The van der Waals surface area contributed by atoms with Crippen LogP contribution in [0.15, 0.2) is 59.5 Å². The first-order chi connectivity index (χ1) is 19.6. The van der Waals surface area contributed by atoms with E-state index in [-0.39, 0.29) is 11.6 Å². The minimum Gasteiger partial charge on any atom is -0.319 e. The first kappa shape index (κ1) is 34.3. The Hall–Kier alpha value is -3.16. The predicted octanol–water partition coefficient (Wildman–Crippen LogP) is 8.16. The van der Waals surface area contributed by atoms with Gasteiger partial charge in [-0.2, -0.15) is 39.5 Å². The van der Waals surface area contributed by atoms with E-state index in [0.29, 0.717) is 0 Å². The van der Waals surface area contributed by atoms with Crippen molar-refractivity contribution in [1.29, 1.82) is 0 Å². The van der Waals surface area contributed by atoms with Gasteiger partial charge >= 0.3 is 23.5 Å². The SMILES string of the molecule is O=C(Nc1cccc(C(=O)Cc2c(I)cc(C(F)(C(F)(F)F)C(F)(F)F)cc2S(=O)C(F)(F)F)c1F)c1ccc(F)cc1. The van der Waals surface area contributed by atoms with Gasteiger partial charge in [-0.05, 0) is 76.7 Å². The van der Waals surface area contributed by atoms with Crippen molar-refractivity contribution in [1.82, 2.24) is 0 Å². The molecule has 232 valence electrons. The van der Waals surface area contributed by atoms with E-state index in [9.17, 15) is 62.1 Å². The third-order valence-corrected chi connectivity index (χ3v) is 7.88. The van der Waals surface area contributed by atoms with Crippen LogP contribution in [0.1, 0.15) is 31.8 Å². The van der Waals surface area contributed by atoms with Crippen molar-refractivity contribution < 1.29 is 66.5 Å². The standard InChI is InChI=1S/C25H12F12INO3S/c26-13-6-4-11(5-7-13)21(41)39-17-3-1-2-14(20(17)27)18(40)10-15-16(38)8-12(9-19(15)43(42)25(35,36)37)22(28,23(29,30)31)24(32,33)34/h1-9H,10H2,(H,39,41). The summed E-state index contributed by atoms with van der Waals surface area (Å²) in [5.41, 5.74) is -17.0. The summed E-state index contributed by atoms with van der Waals surface area (Å²) >= 11 is 0.930. The molecule has 0 fully saturated rings. The largest absolute Gasteiger partial charge is 0.475 e. The summed E-state index contributed by atoms with van der Waals surface area (Å²) in [6.45, 7) is 0. The van der Waals surface area contributed by atoms with Gasteiger partial charge in [0.2, 0.25) is 0 Å². The fourth-order valence-electron chi connectivity index (χ4n) is 3.66. The molecule has 1 amide bonds. The lowest BCUT2D eigenvalue weighted by Crippen LogP contribution is -2.50. The number of ketones is 1. The number of hydrogen-bond acceptors (Lipinski definition) is 3. The molecule has 0 bridgehead atoms. The zero-order chi connectivity index (χ0) is 32.7. The molecule has 3 aromatic rings. The van der Waals surface area contributed by atoms with Gasteiger partial charge in [-0.15, -0.1) is 0 Å². The Bertz CT molecular complexity index is 1570. The van der Waals surface area contributed by atoms with Crippen LogP contribution in [0.25, 0.3) is 0 Å². The molecule has 1 N–H and O–H groups in total. The highest BCUT2D eigenvalue weighted by atomic mass is 127. The molecule has 0 aliphatic rings. The maximum Gasteiger partial charge on any atom is 0.475 e. The van der Waals surface area contributed by atoms with E-state index < -0.39 is 101 Å². The monoisotopic (exact) mass is 761 g/mol. The van der Waals surface area contributed by atoms with Crippen LogP contribution in [0.2, 0.25) is 0 Å². The van der Waals surface area contributed by atoms with Crippen molar-refractivity contribution >= 4 is 50.8 Å². The molecule has 3 aromatic carbocycles. The van der Waals surface area contributed by atoms with Crippen LogP contribution in [0.4, 0.5) is 58.4 Å². The van der Waals surface area contributed by atoms with Crippen molar-refractivity contribution in [3.05, 3.63) is 92.1 Å². The Balaban J connectivity index is 2.09. The average molecular weight is 761 g/mol. The molecule has 3 rings (SSSR count). The number of alkyl halides is 10. The van der Waals surface area contributed by atoms with Crippen molar-refractivity contribution in [2.75, 3.05) is 5.32 Å². The number of benzene rings is 3. The number of anilines is 1. The number of halogens is 13. The Morgan fingerprint density at radius 1 is 0.814 bits per heavy atom. The zero-order valence-corrected chi connectivity index (χ0v) is 23.4. The second-order valence-electron chi connectivity index (χ2n) is 8.53. The van der Waals surface area contributed by atoms with Crippen molar-refractivity contribution in [2.45, 2.75) is 34.8 Å². The summed E-state index contributed by atoms with van der Waals surface area (Å²) in [4.78, 5) is 23.5. The molecule has 4 nitrogen and oxygen atoms in total. The molecule has 0 aliphatic carbocycles. The van der Waals surface area contributed by atoms with Gasteiger partial charge in [-0.1, -0.05) is 6.07 Å². The number of carbonyl (C=O) groups is 2. The van der Waals surface area contributed by atoms with E-state index >= 15 is 4.39 Å². The molecule has 1 atom stereocenters. The van der Waals surface area contributed by atoms with Crippen LogP contribution in [-0.4, -0.2) is 33.8 Å². The number of rotatable bonds is 7. The van der Waals surface area contributed by atoms with Gasteiger partial charge in [0.1, 0.15) is 5.82 Å². The summed E-state index contributed by atoms with van der Waals surface area (Å²) < 4.78 is 174. The summed E-state index contributed by atoms with van der Waals surface area (Å²) in [5.74, 6) is -4.51. The highest BCUT2D eigenvalue weighted by molar-refractivity contribution is 14.1. The van der Waals surface area contributed by atoms with Gasteiger partial charge < -0.3 is 5.32 Å². The van der Waals surface area contributed by atoms with Crippen molar-refractivity contribution in [2.24, 2.45) is 0 Å². The highest BCUT2D eigenvalue weighted by Gasteiger charge is 2.73. The lowest BCUT2D eigenvalue weighted by atomic mass is 9.92. The lowest BCUT2D eigenvalue weighted by Gasteiger charge is -2.31. The van der Waals surface area contributed by atoms with Gasteiger partial charge in [0.25, 0.3) is 5.91 Å². The second-order valence-corrected chi connectivity index (χ2v) is 11.1. The van der Waals surface area contributed by atoms with Crippen molar-refractivity contribution in [3.63, 3.8) is 0 Å². The molecule has 18 heteroatoms. The Labute approximate surface area is 249 Å². The topological polar surface area (TPSA) is 63.2 Å². The smallest absolute Gasteiger partial charge is 0.319 e. The van der Waals surface area contributed by atoms with E-state index in [4.69, 9.17) is 0 Å². The van der Waals surface area contributed by atoms with Gasteiger partial charge in [0.05, 0.1) is 16.1 Å². The molecule has 0 saturated carbocycles. The molecule has 0 saturated heterocycles. The summed E-state index contributed by atoms with van der Waals surface area (Å²) in [6.07, 6.45) is -14.8. The van der Waals surface area contributed by atoms with E-state index in [1.807, 2.05) is 0 Å². The van der Waals surface area contributed by atoms with Crippen LogP contribution < -0.4 is 5.32 Å². The minimum atomic E-state index is -6.72. The Morgan fingerprint density at radius 3 is 1.88 bits per heavy atom. The van der Waals surface area contributed by atoms with E-state index in [2.05, 4.69) is 5.32 Å². The number of Topliss-reactive ketones (excluding diaryl/α,β-unsaturated/α-hetero) is 1. The van der Waals surface area contributed by atoms with Gasteiger partial charge in [-0.25, -0.2) is 17.4 Å². The molecule has 0 aliphatic heterocycles. The van der Waals surface area contributed by atoms with Crippen LogP contribution in [0, 0.1) is 15.2 Å². The summed E-state index contributed by atoms with van der Waals surface area (Å²) in [5, 5.41) is 2.08. The normalized spacial score (nSPS) is 13.5. The molecular formula is C25H12F12INO3S. The first-order valence-corrected chi connectivity index (χ1v) is 13.3. The Kier molecular flexibility index (Phi) is 9.65. The fourth-order valence-corrected chi connectivity index (χ4v) is 5.54. The van der Waals surface area contributed by atoms with Crippen LogP contribution in [0.3, 0.4) is 0 Å². The molecular weight excluding hydrogens is 749 g/mol. The number of hydrogen-bond donors (Lipinski definition) is 1. The minimum absolute atomic E-state index is 0.114. The molecule has 0 heterocycles. The molecule has 0 radical (unpaired) electrons. The zero-order valence-electron chi connectivity index (χ0n) is 20.4. The number of nitrogens with one attached hydrogen (secondary N) is 1. The van der Waals surface area contributed by atoms with Gasteiger partial charge in [0.15, 0.2) is 22.4 Å². The molecule has 0 spiro atoms. The third-order valence-electron chi connectivity index (χ3n) is 5.73. The quantitative estimate of drug-likeness (QED) is 0.150. The summed E-state index contributed by atoms with van der Waals surface area (Å²) in [7, 11) is -4.37. The van der Waals surface area contributed by atoms with Crippen LogP contribution >= 0.6 is 22.6 Å².